The number of amides is 1. The molecule has 1 amide bonds. The zero-order valence-electron chi connectivity index (χ0n) is 15.6. The zero-order chi connectivity index (χ0) is 19.2. The number of carbonyl (C=O) groups excluding carboxylic acids is 1. The van der Waals surface area contributed by atoms with Crippen molar-refractivity contribution in [3.05, 3.63) is 64.7 Å². The summed E-state index contributed by atoms with van der Waals surface area (Å²) in [7, 11) is 3.24. The van der Waals surface area contributed by atoms with Crippen molar-refractivity contribution in [2.75, 3.05) is 20.8 Å². The highest BCUT2D eigenvalue weighted by Crippen LogP contribution is 2.35. The Morgan fingerprint density at radius 2 is 1.81 bits per heavy atom. The third kappa shape index (κ3) is 4.46. The Hall–Kier alpha value is -2.86. The normalized spacial score (nSPS) is 10.5. The van der Waals surface area contributed by atoms with E-state index < -0.39 is 0 Å². The van der Waals surface area contributed by atoms with Gasteiger partial charge in [-0.05, 0) is 37.3 Å². The number of rotatable bonds is 7. The van der Waals surface area contributed by atoms with E-state index in [1.165, 1.54) is 0 Å². The van der Waals surface area contributed by atoms with E-state index in [1.54, 1.807) is 25.6 Å². The standard InChI is InChI=1S/C21H22N2O3S/c1-14-19(11-12-22-20(24)15-7-5-4-6-8-15)27-21(23-14)16-9-10-17(25-2)18(13-16)26-3/h4-10,13H,11-12H2,1-3H3,(H,22,24). The van der Waals surface area contributed by atoms with Crippen LogP contribution in [0.5, 0.6) is 11.5 Å². The minimum Gasteiger partial charge on any atom is -0.493 e. The van der Waals surface area contributed by atoms with Crippen LogP contribution in [0.25, 0.3) is 10.6 Å². The Morgan fingerprint density at radius 1 is 1.07 bits per heavy atom. The number of hydrogen-bond acceptors (Lipinski definition) is 5. The number of aryl methyl sites for hydroxylation is 1. The topological polar surface area (TPSA) is 60.5 Å². The number of ether oxygens (including phenoxy) is 2. The van der Waals surface area contributed by atoms with Crippen molar-refractivity contribution < 1.29 is 14.3 Å². The Balaban J connectivity index is 1.67. The van der Waals surface area contributed by atoms with Gasteiger partial charge >= 0.3 is 0 Å². The molecule has 0 spiro atoms. The van der Waals surface area contributed by atoms with Gasteiger partial charge in [0.1, 0.15) is 5.01 Å². The largest absolute Gasteiger partial charge is 0.493 e. The van der Waals surface area contributed by atoms with Crippen LogP contribution < -0.4 is 14.8 Å². The summed E-state index contributed by atoms with van der Waals surface area (Å²) in [4.78, 5) is 18.0. The number of nitrogens with zero attached hydrogens (tertiary/aromatic N) is 1. The smallest absolute Gasteiger partial charge is 0.251 e. The molecule has 0 aliphatic heterocycles. The lowest BCUT2D eigenvalue weighted by Crippen LogP contribution is -2.25. The molecule has 3 rings (SSSR count). The number of methoxy groups -OCH3 is 2. The van der Waals surface area contributed by atoms with Crippen molar-refractivity contribution in [3.8, 4) is 22.1 Å². The lowest BCUT2D eigenvalue weighted by Gasteiger charge is -2.08. The van der Waals surface area contributed by atoms with Gasteiger partial charge < -0.3 is 14.8 Å². The maximum absolute atomic E-state index is 12.1. The second-order valence-corrected chi connectivity index (χ2v) is 7.05. The number of carbonyl (C=O) groups is 1. The quantitative estimate of drug-likeness (QED) is 0.668. The number of aromatic nitrogens is 1. The predicted molar refractivity (Wildman–Crippen MR) is 108 cm³/mol. The van der Waals surface area contributed by atoms with Crippen LogP contribution in [0, 0.1) is 6.92 Å². The molecule has 1 aromatic heterocycles. The Morgan fingerprint density at radius 3 is 2.52 bits per heavy atom. The van der Waals surface area contributed by atoms with Crippen molar-refractivity contribution in [2.24, 2.45) is 0 Å². The number of nitrogens with one attached hydrogen (secondary N) is 1. The van der Waals surface area contributed by atoms with Crippen LogP contribution in [0.3, 0.4) is 0 Å². The minimum atomic E-state index is -0.0575. The highest BCUT2D eigenvalue weighted by Gasteiger charge is 2.13. The molecule has 140 valence electrons. The summed E-state index contributed by atoms with van der Waals surface area (Å²) in [6, 6.07) is 15.0. The zero-order valence-corrected chi connectivity index (χ0v) is 16.4. The Labute approximate surface area is 163 Å². The van der Waals surface area contributed by atoms with Gasteiger partial charge in [-0.1, -0.05) is 18.2 Å². The van der Waals surface area contributed by atoms with Crippen LogP contribution in [0.1, 0.15) is 20.9 Å². The first-order valence-electron chi connectivity index (χ1n) is 8.64. The van der Waals surface area contributed by atoms with Crippen molar-refractivity contribution >= 4 is 17.2 Å². The highest BCUT2D eigenvalue weighted by molar-refractivity contribution is 7.15. The predicted octanol–water partition coefficient (Wildman–Crippen LogP) is 4.11. The van der Waals surface area contributed by atoms with E-state index in [0.717, 1.165) is 27.6 Å². The van der Waals surface area contributed by atoms with E-state index in [4.69, 9.17) is 9.47 Å². The molecule has 5 nitrogen and oxygen atoms in total. The monoisotopic (exact) mass is 382 g/mol. The summed E-state index contributed by atoms with van der Waals surface area (Å²) in [5.74, 6) is 1.32. The molecule has 0 bridgehead atoms. The molecule has 0 unspecified atom stereocenters. The molecule has 0 saturated heterocycles. The van der Waals surface area contributed by atoms with Crippen LogP contribution >= 0.6 is 11.3 Å². The van der Waals surface area contributed by atoms with Gasteiger partial charge in [0.05, 0.1) is 19.9 Å². The fraction of sp³-hybridized carbons (Fsp3) is 0.238. The molecule has 1 heterocycles. The molecule has 0 saturated carbocycles. The van der Waals surface area contributed by atoms with Gasteiger partial charge in [0, 0.05) is 29.0 Å². The maximum Gasteiger partial charge on any atom is 0.251 e. The summed E-state index contributed by atoms with van der Waals surface area (Å²) in [5.41, 5.74) is 2.64. The van der Waals surface area contributed by atoms with Crippen LogP contribution in [-0.4, -0.2) is 31.7 Å². The van der Waals surface area contributed by atoms with Crippen LogP contribution in [0.2, 0.25) is 0 Å². The Kier molecular flexibility index (Phi) is 6.08. The molecule has 0 fully saturated rings. The van der Waals surface area contributed by atoms with Gasteiger partial charge in [0.15, 0.2) is 11.5 Å². The van der Waals surface area contributed by atoms with Gasteiger partial charge in [0.25, 0.3) is 5.91 Å². The second-order valence-electron chi connectivity index (χ2n) is 5.97. The first kappa shape index (κ1) is 18.9. The van der Waals surface area contributed by atoms with E-state index in [9.17, 15) is 4.79 Å². The molecule has 1 N–H and O–H groups in total. The lowest BCUT2D eigenvalue weighted by molar-refractivity contribution is 0.0954. The first-order chi connectivity index (χ1) is 13.1. The lowest BCUT2D eigenvalue weighted by atomic mass is 10.2. The molecule has 6 heteroatoms. The van der Waals surface area contributed by atoms with E-state index >= 15 is 0 Å². The number of benzene rings is 2. The summed E-state index contributed by atoms with van der Waals surface area (Å²) >= 11 is 1.63. The number of thiazole rings is 1. The molecule has 0 aliphatic carbocycles. The van der Waals surface area contributed by atoms with Crippen LogP contribution in [-0.2, 0) is 6.42 Å². The van der Waals surface area contributed by atoms with Crippen LogP contribution in [0.4, 0.5) is 0 Å². The van der Waals surface area contributed by atoms with E-state index in [2.05, 4.69) is 10.3 Å². The van der Waals surface area contributed by atoms with Crippen LogP contribution in [0.15, 0.2) is 48.5 Å². The summed E-state index contributed by atoms with van der Waals surface area (Å²) in [5, 5.41) is 3.89. The Bertz CT molecular complexity index is 922. The number of hydrogen-bond donors (Lipinski definition) is 1. The fourth-order valence-corrected chi connectivity index (χ4v) is 3.79. The van der Waals surface area contributed by atoms with Crippen molar-refractivity contribution in [1.29, 1.82) is 0 Å². The van der Waals surface area contributed by atoms with Gasteiger partial charge in [-0.3, -0.25) is 4.79 Å². The summed E-state index contributed by atoms with van der Waals surface area (Å²) in [6.07, 6.45) is 0.745. The van der Waals surface area contributed by atoms with Gasteiger partial charge in [-0.2, -0.15) is 0 Å². The maximum atomic E-state index is 12.1. The summed E-state index contributed by atoms with van der Waals surface area (Å²) < 4.78 is 10.7. The molecule has 0 aliphatic rings. The molecular formula is C21H22N2O3S. The van der Waals surface area contributed by atoms with Crippen molar-refractivity contribution in [2.45, 2.75) is 13.3 Å². The van der Waals surface area contributed by atoms with Crippen molar-refractivity contribution in [1.82, 2.24) is 10.3 Å². The molecule has 2 aromatic carbocycles. The van der Waals surface area contributed by atoms with Gasteiger partial charge in [-0.25, -0.2) is 4.98 Å². The molecular weight excluding hydrogens is 360 g/mol. The SMILES string of the molecule is COc1ccc(-c2nc(C)c(CCNC(=O)c3ccccc3)s2)cc1OC. The summed E-state index contributed by atoms with van der Waals surface area (Å²) in [6.45, 7) is 2.57. The first-order valence-corrected chi connectivity index (χ1v) is 9.46. The van der Waals surface area contributed by atoms with E-state index in [0.29, 0.717) is 23.6 Å². The molecule has 0 atom stereocenters. The molecule has 3 aromatic rings. The van der Waals surface area contributed by atoms with Crippen molar-refractivity contribution in [3.63, 3.8) is 0 Å². The molecule has 27 heavy (non-hydrogen) atoms. The molecule has 0 radical (unpaired) electrons. The second kappa shape index (κ2) is 8.68. The van der Waals surface area contributed by atoms with Gasteiger partial charge in [-0.15, -0.1) is 11.3 Å². The average Bonchev–Trinajstić information content (AvgIpc) is 3.08. The van der Waals surface area contributed by atoms with Gasteiger partial charge in [0.2, 0.25) is 0 Å². The van der Waals surface area contributed by atoms with E-state index in [-0.39, 0.29) is 5.91 Å². The third-order valence-corrected chi connectivity index (χ3v) is 5.46. The minimum absolute atomic E-state index is 0.0575. The third-order valence-electron chi connectivity index (χ3n) is 4.20. The fourth-order valence-electron chi connectivity index (χ4n) is 2.73. The van der Waals surface area contributed by atoms with E-state index in [1.807, 2.05) is 55.5 Å². The average molecular weight is 382 g/mol. The highest BCUT2D eigenvalue weighted by atomic mass is 32.1.